The van der Waals surface area contributed by atoms with Gasteiger partial charge < -0.3 is 15.4 Å². The van der Waals surface area contributed by atoms with E-state index in [0.717, 1.165) is 22.8 Å². The Balaban J connectivity index is 2.19. The molecule has 21 heavy (non-hydrogen) atoms. The summed E-state index contributed by atoms with van der Waals surface area (Å²) in [6.45, 7) is 4.90. The summed E-state index contributed by atoms with van der Waals surface area (Å²) >= 11 is 0. The number of hydrogen-bond acceptors (Lipinski definition) is 6. The van der Waals surface area contributed by atoms with Gasteiger partial charge in [0, 0.05) is 31.4 Å². The third kappa shape index (κ3) is 3.59. The van der Waals surface area contributed by atoms with Gasteiger partial charge >= 0.3 is 0 Å². The summed E-state index contributed by atoms with van der Waals surface area (Å²) in [4.78, 5) is 12.7. The first-order chi connectivity index (χ1) is 10.2. The minimum absolute atomic E-state index is 0.322. The summed E-state index contributed by atoms with van der Waals surface area (Å²) in [5, 5.41) is 6.48. The number of ether oxygens (including phenoxy) is 1. The molecule has 0 spiro atoms. The van der Waals surface area contributed by atoms with Gasteiger partial charge in [-0.15, -0.1) is 0 Å². The van der Waals surface area contributed by atoms with Crippen molar-refractivity contribution in [3.8, 4) is 5.88 Å². The molecular weight excluding hydrogens is 266 g/mol. The first-order valence-corrected chi connectivity index (χ1v) is 6.91. The van der Waals surface area contributed by atoms with Gasteiger partial charge in [0.1, 0.15) is 18.0 Å². The quantitative estimate of drug-likeness (QED) is 0.851. The molecular formula is C15H21N5O. The normalized spacial score (nSPS) is 10.5. The van der Waals surface area contributed by atoms with E-state index < -0.39 is 0 Å². The molecule has 2 aromatic rings. The molecule has 0 bridgehead atoms. The second kappa shape index (κ2) is 6.88. The predicted octanol–water partition coefficient (Wildman–Crippen LogP) is 2.66. The monoisotopic (exact) mass is 287 g/mol. The first kappa shape index (κ1) is 15.0. The molecule has 0 aliphatic heterocycles. The Labute approximate surface area is 125 Å². The summed E-state index contributed by atoms with van der Waals surface area (Å²) < 4.78 is 5.13. The SMILES string of the molecule is CNc1ncnc(NCc2ccnc(OC)c2)c1C(C)C. The molecule has 2 aromatic heterocycles. The maximum atomic E-state index is 5.13. The maximum absolute atomic E-state index is 5.13. The Morgan fingerprint density at radius 1 is 1.19 bits per heavy atom. The summed E-state index contributed by atoms with van der Waals surface area (Å²) in [5.41, 5.74) is 2.17. The van der Waals surface area contributed by atoms with Crippen LogP contribution in [0.25, 0.3) is 0 Å². The predicted molar refractivity (Wildman–Crippen MR) is 83.8 cm³/mol. The van der Waals surface area contributed by atoms with Gasteiger partial charge in [0.2, 0.25) is 5.88 Å². The molecule has 2 heterocycles. The molecule has 0 aliphatic carbocycles. The maximum Gasteiger partial charge on any atom is 0.213 e. The van der Waals surface area contributed by atoms with Crippen LogP contribution in [0, 0.1) is 0 Å². The Morgan fingerprint density at radius 3 is 2.62 bits per heavy atom. The molecule has 0 saturated carbocycles. The van der Waals surface area contributed by atoms with Crippen molar-refractivity contribution in [3.63, 3.8) is 0 Å². The van der Waals surface area contributed by atoms with E-state index in [2.05, 4.69) is 39.4 Å². The zero-order valence-corrected chi connectivity index (χ0v) is 12.8. The molecule has 0 amide bonds. The molecule has 0 radical (unpaired) electrons. The van der Waals surface area contributed by atoms with Gasteiger partial charge in [-0.2, -0.15) is 0 Å². The molecule has 0 aromatic carbocycles. The average Bonchev–Trinajstić information content (AvgIpc) is 2.52. The highest BCUT2D eigenvalue weighted by Crippen LogP contribution is 2.28. The lowest BCUT2D eigenvalue weighted by atomic mass is 10.0. The molecule has 112 valence electrons. The second-order valence-corrected chi connectivity index (χ2v) is 4.95. The number of methoxy groups -OCH3 is 1. The van der Waals surface area contributed by atoms with E-state index in [4.69, 9.17) is 4.74 Å². The van der Waals surface area contributed by atoms with Gasteiger partial charge in [0.25, 0.3) is 0 Å². The van der Waals surface area contributed by atoms with Crippen molar-refractivity contribution in [2.24, 2.45) is 0 Å². The van der Waals surface area contributed by atoms with E-state index in [9.17, 15) is 0 Å². The second-order valence-electron chi connectivity index (χ2n) is 4.95. The number of nitrogens with one attached hydrogen (secondary N) is 2. The van der Waals surface area contributed by atoms with Crippen LogP contribution in [0.3, 0.4) is 0 Å². The molecule has 2 rings (SSSR count). The molecule has 0 fully saturated rings. The first-order valence-electron chi connectivity index (χ1n) is 6.91. The molecule has 0 atom stereocenters. The van der Waals surface area contributed by atoms with E-state index >= 15 is 0 Å². The smallest absolute Gasteiger partial charge is 0.213 e. The Hall–Kier alpha value is -2.37. The van der Waals surface area contributed by atoms with E-state index in [0.29, 0.717) is 18.3 Å². The fourth-order valence-electron chi connectivity index (χ4n) is 2.14. The molecule has 0 unspecified atom stereocenters. The zero-order chi connectivity index (χ0) is 15.2. The summed E-state index contributed by atoms with van der Waals surface area (Å²) in [7, 11) is 3.48. The summed E-state index contributed by atoms with van der Waals surface area (Å²) in [6, 6.07) is 3.85. The van der Waals surface area contributed by atoms with Crippen LogP contribution in [0.5, 0.6) is 5.88 Å². The van der Waals surface area contributed by atoms with E-state index in [1.165, 1.54) is 0 Å². The molecule has 0 saturated heterocycles. The number of rotatable bonds is 6. The van der Waals surface area contributed by atoms with Crippen LogP contribution in [0.4, 0.5) is 11.6 Å². The average molecular weight is 287 g/mol. The lowest BCUT2D eigenvalue weighted by molar-refractivity contribution is 0.397. The van der Waals surface area contributed by atoms with E-state index in [1.54, 1.807) is 19.6 Å². The van der Waals surface area contributed by atoms with Crippen molar-refractivity contribution in [1.82, 2.24) is 15.0 Å². The fraction of sp³-hybridized carbons (Fsp3) is 0.400. The lowest BCUT2D eigenvalue weighted by Crippen LogP contribution is -2.09. The highest BCUT2D eigenvalue weighted by molar-refractivity contribution is 5.58. The van der Waals surface area contributed by atoms with Crippen molar-refractivity contribution in [3.05, 3.63) is 35.8 Å². The van der Waals surface area contributed by atoms with Gasteiger partial charge in [-0.25, -0.2) is 15.0 Å². The standard InChI is InChI=1S/C15H21N5O/c1-10(2)13-14(16-3)19-9-20-15(13)18-8-11-5-6-17-12(7-11)21-4/h5-7,9-10H,8H2,1-4H3,(H2,16,18,19,20). The number of nitrogens with zero attached hydrogens (tertiary/aromatic N) is 3. The Morgan fingerprint density at radius 2 is 1.95 bits per heavy atom. The number of pyridine rings is 1. The van der Waals surface area contributed by atoms with Crippen molar-refractivity contribution < 1.29 is 4.74 Å². The van der Waals surface area contributed by atoms with Gasteiger partial charge in [0.05, 0.1) is 7.11 Å². The lowest BCUT2D eigenvalue weighted by Gasteiger charge is -2.16. The third-order valence-corrected chi connectivity index (χ3v) is 3.17. The number of anilines is 2. The van der Waals surface area contributed by atoms with Crippen LogP contribution in [0.1, 0.15) is 30.9 Å². The molecule has 2 N–H and O–H groups in total. The van der Waals surface area contributed by atoms with Gasteiger partial charge in [0.15, 0.2) is 0 Å². The summed E-state index contributed by atoms with van der Waals surface area (Å²) in [5.74, 6) is 2.63. The van der Waals surface area contributed by atoms with Crippen molar-refractivity contribution in [2.75, 3.05) is 24.8 Å². The van der Waals surface area contributed by atoms with Crippen molar-refractivity contribution >= 4 is 11.6 Å². The number of aromatic nitrogens is 3. The highest BCUT2D eigenvalue weighted by atomic mass is 16.5. The third-order valence-electron chi connectivity index (χ3n) is 3.17. The van der Waals surface area contributed by atoms with Crippen LogP contribution in [-0.2, 0) is 6.54 Å². The Kier molecular flexibility index (Phi) is 4.92. The van der Waals surface area contributed by atoms with Gasteiger partial charge in [-0.1, -0.05) is 13.8 Å². The molecule has 0 aliphatic rings. The zero-order valence-electron chi connectivity index (χ0n) is 12.8. The van der Waals surface area contributed by atoms with E-state index in [1.807, 2.05) is 19.2 Å². The van der Waals surface area contributed by atoms with Crippen molar-refractivity contribution in [1.29, 1.82) is 0 Å². The minimum atomic E-state index is 0.322. The largest absolute Gasteiger partial charge is 0.481 e. The van der Waals surface area contributed by atoms with Crippen LogP contribution in [-0.4, -0.2) is 29.1 Å². The molecule has 6 nitrogen and oxygen atoms in total. The van der Waals surface area contributed by atoms with Gasteiger partial charge in [-0.3, -0.25) is 0 Å². The molecule has 6 heteroatoms. The van der Waals surface area contributed by atoms with Crippen LogP contribution in [0.15, 0.2) is 24.7 Å². The van der Waals surface area contributed by atoms with Crippen molar-refractivity contribution in [2.45, 2.75) is 26.3 Å². The topological polar surface area (TPSA) is 72.0 Å². The Bertz CT molecular complexity index is 600. The van der Waals surface area contributed by atoms with E-state index in [-0.39, 0.29) is 0 Å². The van der Waals surface area contributed by atoms with Crippen LogP contribution >= 0.6 is 0 Å². The minimum Gasteiger partial charge on any atom is -0.481 e. The van der Waals surface area contributed by atoms with Crippen LogP contribution in [0.2, 0.25) is 0 Å². The number of hydrogen-bond donors (Lipinski definition) is 2. The van der Waals surface area contributed by atoms with Gasteiger partial charge in [-0.05, 0) is 17.5 Å². The fourth-order valence-corrected chi connectivity index (χ4v) is 2.14. The van der Waals surface area contributed by atoms with Crippen LogP contribution < -0.4 is 15.4 Å². The highest BCUT2D eigenvalue weighted by Gasteiger charge is 2.13. The summed E-state index contributed by atoms with van der Waals surface area (Å²) in [6.07, 6.45) is 3.30.